The summed E-state index contributed by atoms with van der Waals surface area (Å²) in [5.41, 5.74) is 0.685. The monoisotopic (exact) mass is 410 g/mol. The number of methoxy groups -OCH3 is 1. The van der Waals surface area contributed by atoms with Crippen molar-refractivity contribution in [2.24, 2.45) is 4.99 Å². The summed E-state index contributed by atoms with van der Waals surface area (Å²) in [6.07, 6.45) is 6.06. The van der Waals surface area contributed by atoms with Crippen LogP contribution in [-0.4, -0.2) is 30.7 Å². The maximum atomic E-state index is 12.0. The molecule has 0 saturated carbocycles. The number of halogens is 1. The Hall–Kier alpha value is -1.99. The van der Waals surface area contributed by atoms with Crippen LogP contribution in [0.4, 0.5) is 0 Å². The van der Waals surface area contributed by atoms with Gasteiger partial charge in [0, 0.05) is 6.92 Å². The lowest BCUT2D eigenvalue weighted by molar-refractivity contribution is -0.117. The molecule has 6 nitrogen and oxygen atoms in total. The number of aliphatic imine (C=N–C) groups is 1. The van der Waals surface area contributed by atoms with Gasteiger partial charge in [0.05, 0.1) is 23.6 Å². The molecule has 1 N–H and O–H groups in total. The van der Waals surface area contributed by atoms with Gasteiger partial charge in [-0.25, -0.2) is 0 Å². The molecule has 1 aliphatic rings. The number of carbonyl (C=O) groups is 2. The third kappa shape index (κ3) is 6.29. The fourth-order valence-corrected chi connectivity index (χ4v) is 3.56. The van der Waals surface area contributed by atoms with E-state index in [-0.39, 0.29) is 11.1 Å². The third-order valence-electron chi connectivity index (χ3n) is 3.70. The Balaban J connectivity index is 2.12. The SMILES string of the molecule is CCCCCCOc1c(Cl)cc(/C=C2/SC(NC(C)=O)=NC2=O)cc1OC. The minimum absolute atomic E-state index is 0.267. The summed E-state index contributed by atoms with van der Waals surface area (Å²) < 4.78 is 11.2. The van der Waals surface area contributed by atoms with Crippen molar-refractivity contribution in [3.63, 3.8) is 0 Å². The zero-order valence-corrected chi connectivity index (χ0v) is 17.2. The summed E-state index contributed by atoms with van der Waals surface area (Å²) in [6, 6.07) is 3.47. The third-order valence-corrected chi connectivity index (χ3v) is 4.88. The number of hydrogen-bond acceptors (Lipinski definition) is 5. The molecule has 146 valence electrons. The van der Waals surface area contributed by atoms with E-state index in [1.54, 1.807) is 25.3 Å². The summed E-state index contributed by atoms with van der Waals surface area (Å²) in [7, 11) is 1.54. The van der Waals surface area contributed by atoms with E-state index in [1.807, 2.05) is 0 Å². The van der Waals surface area contributed by atoms with Crippen molar-refractivity contribution in [3.8, 4) is 11.5 Å². The standard InChI is InChI=1S/C19H23ClN2O4S/c1-4-5-6-7-8-26-17-14(20)9-13(10-15(17)25-3)11-16-18(24)22-19(27-16)21-12(2)23/h9-11H,4-8H2,1-3H3,(H,21,22,23,24)/b16-11+. The quantitative estimate of drug-likeness (QED) is 0.507. The number of benzene rings is 1. The average molecular weight is 411 g/mol. The number of unbranched alkanes of at least 4 members (excludes halogenated alkanes) is 3. The van der Waals surface area contributed by atoms with E-state index in [0.29, 0.717) is 33.6 Å². The van der Waals surface area contributed by atoms with Gasteiger partial charge in [0.1, 0.15) is 0 Å². The molecule has 2 amide bonds. The molecule has 8 heteroatoms. The maximum Gasteiger partial charge on any atom is 0.286 e. The van der Waals surface area contributed by atoms with Crippen molar-refractivity contribution in [2.75, 3.05) is 13.7 Å². The molecule has 0 fully saturated rings. The van der Waals surface area contributed by atoms with Crippen LogP contribution in [0.2, 0.25) is 5.02 Å². The lowest BCUT2D eigenvalue weighted by Gasteiger charge is -2.13. The van der Waals surface area contributed by atoms with E-state index in [2.05, 4.69) is 17.2 Å². The van der Waals surface area contributed by atoms with E-state index in [9.17, 15) is 9.59 Å². The largest absolute Gasteiger partial charge is 0.493 e. The number of ether oxygens (including phenoxy) is 2. The second kappa shape index (κ2) is 10.4. The first-order valence-corrected chi connectivity index (χ1v) is 9.94. The molecule has 2 rings (SSSR count). The molecular formula is C19H23ClN2O4S. The van der Waals surface area contributed by atoms with Crippen LogP contribution in [0.25, 0.3) is 6.08 Å². The lowest BCUT2D eigenvalue weighted by Crippen LogP contribution is -2.23. The van der Waals surface area contributed by atoms with Crippen LogP contribution in [-0.2, 0) is 9.59 Å². The zero-order valence-electron chi connectivity index (χ0n) is 15.6. The Morgan fingerprint density at radius 1 is 1.33 bits per heavy atom. The number of nitrogens with one attached hydrogen (secondary N) is 1. The Labute approximate surface area is 168 Å². The number of nitrogens with zero attached hydrogens (tertiary/aromatic N) is 1. The van der Waals surface area contributed by atoms with Gasteiger partial charge in [0.25, 0.3) is 5.91 Å². The molecule has 1 heterocycles. The van der Waals surface area contributed by atoms with Crippen molar-refractivity contribution in [1.29, 1.82) is 0 Å². The first-order valence-electron chi connectivity index (χ1n) is 8.75. The highest BCUT2D eigenvalue weighted by molar-refractivity contribution is 8.18. The first-order chi connectivity index (χ1) is 12.9. The van der Waals surface area contributed by atoms with Gasteiger partial charge in [-0.3, -0.25) is 9.59 Å². The highest BCUT2D eigenvalue weighted by atomic mass is 35.5. The minimum Gasteiger partial charge on any atom is -0.493 e. The Bertz CT molecular complexity index is 777. The van der Waals surface area contributed by atoms with Gasteiger partial charge in [0.2, 0.25) is 5.91 Å². The molecule has 0 aliphatic carbocycles. The second-order valence-corrected chi connectivity index (χ2v) is 7.40. The van der Waals surface area contributed by atoms with Crippen molar-refractivity contribution >= 4 is 46.4 Å². The molecule has 0 spiro atoms. The predicted molar refractivity (Wildman–Crippen MR) is 109 cm³/mol. The second-order valence-electron chi connectivity index (χ2n) is 5.96. The summed E-state index contributed by atoms with van der Waals surface area (Å²) in [5.74, 6) is 0.317. The Morgan fingerprint density at radius 2 is 2.11 bits per heavy atom. The molecule has 1 aromatic carbocycles. The normalized spacial score (nSPS) is 15.0. The molecule has 1 aliphatic heterocycles. The number of rotatable bonds is 8. The van der Waals surface area contributed by atoms with Gasteiger partial charge < -0.3 is 14.8 Å². The Kier molecular flexibility index (Phi) is 8.19. The predicted octanol–water partition coefficient (Wildman–Crippen LogP) is 4.41. The van der Waals surface area contributed by atoms with Crippen LogP contribution in [0.1, 0.15) is 45.1 Å². The smallest absolute Gasteiger partial charge is 0.286 e. The van der Waals surface area contributed by atoms with E-state index >= 15 is 0 Å². The number of amides is 2. The Morgan fingerprint density at radius 3 is 2.78 bits per heavy atom. The highest BCUT2D eigenvalue weighted by Gasteiger charge is 2.23. The highest BCUT2D eigenvalue weighted by Crippen LogP contribution is 2.38. The molecule has 0 atom stereocenters. The van der Waals surface area contributed by atoms with Crippen molar-refractivity contribution < 1.29 is 19.1 Å². The molecule has 27 heavy (non-hydrogen) atoms. The number of thioether (sulfide) groups is 1. The molecule has 0 unspecified atom stereocenters. The van der Waals surface area contributed by atoms with Crippen LogP contribution >= 0.6 is 23.4 Å². The summed E-state index contributed by atoms with van der Waals surface area (Å²) in [5, 5.41) is 3.19. The van der Waals surface area contributed by atoms with Crippen molar-refractivity contribution in [1.82, 2.24) is 5.32 Å². The number of hydrogen-bond donors (Lipinski definition) is 1. The maximum absolute atomic E-state index is 12.0. The molecule has 0 bridgehead atoms. The zero-order chi connectivity index (χ0) is 19.8. The van der Waals surface area contributed by atoms with Crippen LogP contribution in [0, 0.1) is 0 Å². The lowest BCUT2D eigenvalue weighted by atomic mass is 10.1. The van der Waals surface area contributed by atoms with Crippen LogP contribution < -0.4 is 14.8 Å². The molecular weight excluding hydrogens is 388 g/mol. The van der Waals surface area contributed by atoms with E-state index in [4.69, 9.17) is 21.1 Å². The molecule has 0 aromatic heterocycles. The van der Waals surface area contributed by atoms with Crippen LogP contribution in [0.5, 0.6) is 11.5 Å². The summed E-state index contributed by atoms with van der Waals surface area (Å²) in [6.45, 7) is 4.09. The van der Waals surface area contributed by atoms with E-state index in [1.165, 1.54) is 13.3 Å². The van der Waals surface area contributed by atoms with Crippen LogP contribution in [0.15, 0.2) is 22.0 Å². The fourth-order valence-electron chi connectivity index (χ4n) is 2.43. The topological polar surface area (TPSA) is 77.0 Å². The van der Waals surface area contributed by atoms with Gasteiger partial charge in [-0.1, -0.05) is 37.8 Å². The summed E-state index contributed by atoms with van der Waals surface area (Å²) >= 11 is 7.46. The minimum atomic E-state index is -0.407. The average Bonchev–Trinajstić information content (AvgIpc) is 2.94. The number of carbonyl (C=O) groups excluding carboxylic acids is 2. The molecule has 0 saturated heterocycles. The van der Waals surface area contributed by atoms with Crippen LogP contribution in [0.3, 0.4) is 0 Å². The van der Waals surface area contributed by atoms with E-state index < -0.39 is 5.91 Å². The van der Waals surface area contributed by atoms with Gasteiger partial charge in [0.15, 0.2) is 16.7 Å². The molecule has 1 aromatic rings. The van der Waals surface area contributed by atoms with E-state index in [0.717, 1.165) is 31.0 Å². The number of amidine groups is 1. The van der Waals surface area contributed by atoms with Gasteiger partial charge in [-0.05, 0) is 42.0 Å². The fraction of sp³-hybridized carbons (Fsp3) is 0.421. The van der Waals surface area contributed by atoms with Crippen molar-refractivity contribution in [2.45, 2.75) is 39.5 Å². The summed E-state index contributed by atoms with van der Waals surface area (Å²) in [4.78, 5) is 27.3. The van der Waals surface area contributed by atoms with Gasteiger partial charge in [-0.15, -0.1) is 0 Å². The van der Waals surface area contributed by atoms with Gasteiger partial charge >= 0.3 is 0 Å². The first kappa shape index (κ1) is 21.3. The molecule has 0 radical (unpaired) electrons. The van der Waals surface area contributed by atoms with Gasteiger partial charge in [-0.2, -0.15) is 4.99 Å². The van der Waals surface area contributed by atoms with Crippen molar-refractivity contribution in [3.05, 3.63) is 27.6 Å².